The van der Waals surface area contributed by atoms with Gasteiger partial charge in [0.2, 0.25) is 5.28 Å². The maximum absolute atomic E-state index is 13.6. The van der Waals surface area contributed by atoms with Gasteiger partial charge in [-0.1, -0.05) is 43.7 Å². The number of rotatable bonds is 12. The number of aryl methyl sites for hydroxylation is 1. The number of esters is 1. The van der Waals surface area contributed by atoms with Crippen LogP contribution in [0.2, 0.25) is 0 Å². The van der Waals surface area contributed by atoms with E-state index >= 15 is 0 Å². The van der Waals surface area contributed by atoms with E-state index in [4.69, 9.17) is 9.57 Å². The molecular formula is C31H39F3N6O7S. The number of benzene rings is 2. The molecule has 1 amide bonds. The first-order valence-electron chi connectivity index (χ1n) is 14.8. The molecule has 0 aliphatic heterocycles. The highest BCUT2D eigenvalue weighted by Gasteiger charge is 2.36. The molecule has 2 aromatic carbocycles. The predicted molar refractivity (Wildman–Crippen MR) is 167 cm³/mol. The van der Waals surface area contributed by atoms with Gasteiger partial charge in [0.15, 0.2) is 11.7 Å². The molecule has 1 aromatic heterocycles. The van der Waals surface area contributed by atoms with E-state index in [1.54, 1.807) is 58.9 Å². The number of hydrogen-bond acceptors (Lipinski definition) is 9. The Morgan fingerprint density at radius 3 is 2.17 bits per heavy atom. The number of hydrazine groups is 1. The normalized spacial score (nSPS) is 14.0. The summed E-state index contributed by atoms with van der Waals surface area (Å²) in [5.74, 6) is -1.83. The molecule has 0 bridgehead atoms. The van der Waals surface area contributed by atoms with Gasteiger partial charge < -0.3 is 9.94 Å². The number of ether oxygens (including phenoxy) is 1. The summed E-state index contributed by atoms with van der Waals surface area (Å²) in [5, 5.41) is 20.5. The van der Waals surface area contributed by atoms with Crippen molar-refractivity contribution >= 4 is 21.9 Å². The van der Waals surface area contributed by atoms with Gasteiger partial charge in [-0.25, -0.2) is 17.8 Å². The van der Waals surface area contributed by atoms with Crippen molar-refractivity contribution in [1.82, 2.24) is 19.5 Å². The molecule has 0 saturated heterocycles. The van der Waals surface area contributed by atoms with Crippen LogP contribution in [0, 0.1) is 23.5 Å². The molecular weight excluding hydrogens is 657 g/mol. The number of nitrogens with zero attached hydrogens (tertiary/aromatic N) is 5. The fourth-order valence-corrected chi connectivity index (χ4v) is 5.19. The van der Waals surface area contributed by atoms with E-state index in [0.717, 1.165) is 33.5 Å². The monoisotopic (exact) mass is 696 g/mol. The summed E-state index contributed by atoms with van der Waals surface area (Å²) in [4.78, 5) is 29.8. The number of amides is 1. The van der Waals surface area contributed by atoms with E-state index in [2.05, 4.69) is 10.4 Å². The number of alkyl halides is 3. The van der Waals surface area contributed by atoms with Crippen LogP contribution in [-0.4, -0.2) is 59.4 Å². The highest BCUT2D eigenvalue weighted by atomic mass is 32.2. The predicted octanol–water partition coefficient (Wildman–Crippen LogP) is 5.76. The lowest BCUT2D eigenvalue weighted by Gasteiger charge is -2.24. The first kappa shape index (κ1) is 37.8. The van der Waals surface area contributed by atoms with Crippen molar-refractivity contribution in [3.05, 3.63) is 71.1 Å². The van der Waals surface area contributed by atoms with E-state index < -0.39 is 51.5 Å². The summed E-state index contributed by atoms with van der Waals surface area (Å²) in [6.45, 7) is 11.5. The molecule has 3 aromatic rings. The molecule has 0 saturated carbocycles. The SMILES string of the molecule is Cc1ccc(-c2cc(C(F)(F)F)nn2-c2ccc(S(=O)(=O)NC(=O)[C@H](CC(C)C)N(C)/[N+]([O-])=N\OC(C)OC(=O)C(C)(C)C)cc2)cc1. The Morgan fingerprint density at radius 2 is 1.65 bits per heavy atom. The minimum atomic E-state index is -4.73. The first-order chi connectivity index (χ1) is 22.1. The summed E-state index contributed by atoms with van der Waals surface area (Å²) in [6, 6.07) is 11.1. The van der Waals surface area contributed by atoms with Crippen LogP contribution in [0.25, 0.3) is 16.9 Å². The van der Waals surface area contributed by atoms with Crippen molar-refractivity contribution in [2.24, 2.45) is 16.6 Å². The fraction of sp³-hybridized carbons (Fsp3) is 0.452. The zero-order valence-electron chi connectivity index (χ0n) is 27.8. The van der Waals surface area contributed by atoms with Gasteiger partial charge in [-0.2, -0.15) is 18.3 Å². The Balaban J connectivity index is 1.83. The molecule has 1 N–H and O–H groups in total. The lowest BCUT2D eigenvalue weighted by atomic mass is 9.97. The molecule has 262 valence electrons. The number of halogens is 3. The third-order valence-electron chi connectivity index (χ3n) is 6.84. The van der Waals surface area contributed by atoms with E-state index in [-0.39, 0.29) is 33.6 Å². The Kier molecular flexibility index (Phi) is 11.5. The Bertz CT molecular complexity index is 1730. The Hall–Kier alpha value is -4.67. The molecule has 0 aliphatic rings. The highest BCUT2D eigenvalue weighted by Crippen LogP contribution is 2.33. The van der Waals surface area contributed by atoms with Gasteiger partial charge >= 0.3 is 12.1 Å². The summed E-state index contributed by atoms with van der Waals surface area (Å²) in [7, 11) is -3.31. The smallest absolute Gasteiger partial charge is 0.435 e. The molecule has 13 nitrogen and oxygen atoms in total. The van der Waals surface area contributed by atoms with Gasteiger partial charge in [0.25, 0.3) is 22.2 Å². The second-order valence-corrected chi connectivity index (χ2v) is 14.2. The van der Waals surface area contributed by atoms with Gasteiger partial charge in [-0.3, -0.25) is 14.4 Å². The molecule has 48 heavy (non-hydrogen) atoms. The number of sulfonamides is 1. The van der Waals surface area contributed by atoms with Gasteiger partial charge in [-0.15, -0.1) is 5.01 Å². The number of hydrogen-bond donors (Lipinski definition) is 1. The van der Waals surface area contributed by atoms with E-state index in [1.165, 1.54) is 26.1 Å². The number of carbonyl (C=O) groups excluding carboxylic acids is 2. The molecule has 3 rings (SSSR count). The number of nitrogens with one attached hydrogen (secondary N) is 1. The lowest BCUT2D eigenvalue weighted by molar-refractivity contribution is -0.712. The molecule has 1 heterocycles. The highest BCUT2D eigenvalue weighted by molar-refractivity contribution is 7.90. The summed E-state index contributed by atoms with van der Waals surface area (Å²) >= 11 is 0. The second-order valence-electron chi connectivity index (χ2n) is 12.5. The van der Waals surface area contributed by atoms with Crippen molar-refractivity contribution < 1.29 is 45.7 Å². The lowest BCUT2D eigenvalue weighted by Crippen LogP contribution is -2.49. The van der Waals surface area contributed by atoms with Gasteiger partial charge in [0, 0.05) is 12.5 Å². The van der Waals surface area contributed by atoms with Crippen molar-refractivity contribution in [2.45, 2.75) is 78.3 Å². The molecule has 0 radical (unpaired) electrons. The zero-order valence-corrected chi connectivity index (χ0v) is 28.6. The summed E-state index contributed by atoms with van der Waals surface area (Å²) < 4.78 is 75.2. The Labute approximate surface area is 276 Å². The van der Waals surface area contributed by atoms with Crippen LogP contribution < -0.4 is 4.72 Å². The number of aromatic nitrogens is 2. The van der Waals surface area contributed by atoms with Gasteiger partial charge in [0.05, 0.1) is 33.7 Å². The number of carbonyl (C=O) groups is 2. The molecule has 2 atom stereocenters. The minimum absolute atomic E-state index is 0.0300. The topological polar surface area (TPSA) is 158 Å². The van der Waals surface area contributed by atoms with Crippen molar-refractivity contribution in [2.75, 3.05) is 7.05 Å². The molecule has 0 fully saturated rings. The molecule has 17 heteroatoms. The average Bonchev–Trinajstić information content (AvgIpc) is 3.44. The summed E-state index contributed by atoms with van der Waals surface area (Å²) in [5.41, 5.74) is -0.347. The standard InChI is InChI=1S/C31H39F3N6O7S/c1-19(2)17-26(38(8)40(43)37-47-21(4)46-29(42)30(5,6)7)28(41)36-48(44,45)24-15-13-23(14-16-24)39-25(18-27(35-39)31(32,33)34)22-11-9-20(3)10-12-22/h9-16,18-19,21,26H,17H2,1-8H3,(H,36,41)/b40-37+/t21?,26-/m0/s1. The Morgan fingerprint density at radius 1 is 1.06 bits per heavy atom. The molecule has 0 aliphatic carbocycles. The van der Waals surface area contributed by atoms with Crippen molar-refractivity contribution in [3.8, 4) is 16.9 Å². The molecule has 0 spiro atoms. The van der Waals surface area contributed by atoms with E-state index in [0.29, 0.717) is 5.56 Å². The zero-order chi connectivity index (χ0) is 36.2. The van der Waals surface area contributed by atoms with Gasteiger partial charge in [0.1, 0.15) is 0 Å². The van der Waals surface area contributed by atoms with Crippen LogP contribution in [0.4, 0.5) is 13.2 Å². The quantitative estimate of drug-likeness (QED) is 0.0817. The second kappa shape index (κ2) is 14.6. The summed E-state index contributed by atoms with van der Waals surface area (Å²) in [6.07, 6.45) is -5.94. The maximum Gasteiger partial charge on any atom is 0.435 e. The average molecular weight is 697 g/mol. The molecule has 1 unspecified atom stereocenters. The van der Waals surface area contributed by atoms with E-state index in [1.807, 2.05) is 11.6 Å². The van der Waals surface area contributed by atoms with Crippen LogP contribution in [0.1, 0.15) is 59.2 Å². The van der Waals surface area contributed by atoms with Crippen molar-refractivity contribution in [1.29, 1.82) is 0 Å². The minimum Gasteiger partial charge on any atom is -0.569 e. The third-order valence-corrected chi connectivity index (χ3v) is 8.21. The first-order valence-corrected chi connectivity index (χ1v) is 16.3. The van der Waals surface area contributed by atoms with Gasteiger partial charge in [-0.05, 0) is 70.4 Å². The van der Waals surface area contributed by atoms with Crippen LogP contribution in [0.5, 0.6) is 0 Å². The maximum atomic E-state index is 13.6. The van der Waals surface area contributed by atoms with Crippen LogP contribution in [0.15, 0.2) is 64.8 Å². The third kappa shape index (κ3) is 9.68. The van der Waals surface area contributed by atoms with Crippen LogP contribution >= 0.6 is 0 Å². The van der Waals surface area contributed by atoms with Crippen molar-refractivity contribution in [3.63, 3.8) is 0 Å². The number of likely N-dealkylation sites (N-methyl/N-ethyl adjacent to an activating group) is 1. The van der Waals surface area contributed by atoms with Crippen LogP contribution in [-0.2, 0) is 35.4 Å². The van der Waals surface area contributed by atoms with E-state index in [9.17, 15) is 36.4 Å². The van der Waals surface area contributed by atoms with Crippen LogP contribution in [0.3, 0.4) is 0 Å². The fourth-order valence-electron chi connectivity index (χ4n) is 4.18. The largest absolute Gasteiger partial charge is 0.569 e.